The van der Waals surface area contributed by atoms with E-state index in [4.69, 9.17) is 18.6 Å². The number of furan rings is 1. The third-order valence-electron chi connectivity index (χ3n) is 9.25. The molecule has 0 radical (unpaired) electrons. The summed E-state index contributed by atoms with van der Waals surface area (Å²) in [5.41, 5.74) is -1.36. The Labute approximate surface area is 198 Å². The average Bonchev–Trinajstić information content (AvgIpc) is 3.50. The molecule has 0 N–H and O–H groups in total. The van der Waals surface area contributed by atoms with Gasteiger partial charge in [-0.15, -0.1) is 0 Å². The molecular weight excluding hydrogens is 440 g/mol. The Hall–Kier alpha value is -2.71. The van der Waals surface area contributed by atoms with Crippen molar-refractivity contribution in [2.75, 3.05) is 13.2 Å². The van der Waals surface area contributed by atoms with Crippen molar-refractivity contribution in [1.29, 1.82) is 0 Å². The third kappa shape index (κ3) is 3.08. The zero-order chi connectivity index (χ0) is 24.3. The molecule has 4 aliphatic rings. The number of nitrogens with zero attached hydrogens (tertiary/aromatic N) is 2. The molecule has 1 saturated heterocycles. The second kappa shape index (κ2) is 7.92. The Morgan fingerprint density at radius 2 is 2.06 bits per heavy atom. The number of rotatable bonds is 5. The van der Waals surface area contributed by atoms with Crippen LogP contribution < -0.4 is 0 Å². The zero-order valence-electron chi connectivity index (χ0n) is 20.1. The van der Waals surface area contributed by atoms with Gasteiger partial charge >= 0.3 is 17.9 Å². The Morgan fingerprint density at radius 1 is 1.26 bits per heavy atom. The highest BCUT2D eigenvalue weighted by Gasteiger charge is 2.77. The monoisotopic (exact) mass is 472 g/mol. The molecule has 2 aliphatic heterocycles. The van der Waals surface area contributed by atoms with Gasteiger partial charge in [0.15, 0.2) is 5.54 Å². The topological polar surface area (TPSA) is 117 Å². The van der Waals surface area contributed by atoms with E-state index in [-0.39, 0.29) is 42.3 Å². The summed E-state index contributed by atoms with van der Waals surface area (Å²) in [5.74, 6) is -1.08. The van der Waals surface area contributed by atoms with Crippen LogP contribution in [0.2, 0.25) is 0 Å². The molecule has 0 amide bonds. The molecule has 0 aromatic carbocycles. The molecule has 1 aromatic heterocycles. The van der Waals surface area contributed by atoms with Gasteiger partial charge < -0.3 is 18.6 Å². The molecule has 34 heavy (non-hydrogen) atoms. The van der Waals surface area contributed by atoms with Crippen molar-refractivity contribution in [3.05, 3.63) is 24.2 Å². The van der Waals surface area contributed by atoms with Crippen molar-refractivity contribution >= 4 is 17.9 Å². The van der Waals surface area contributed by atoms with Gasteiger partial charge in [-0.25, -0.2) is 4.79 Å². The largest absolute Gasteiger partial charge is 0.472 e. The van der Waals surface area contributed by atoms with E-state index in [2.05, 4.69) is 24.1 Å². The number of esters is 3. The Morgan fingerprint density at radius 3 is 2.74 bits per heavy atom. The van der Waals surface area contributed by atoms with Crippen LogP contribution in [-0.4, -0.2) is 42.7 Å². The number of hydrogen-bond acceptors (Lipinski definition) is 9. The number of ether oxygens (including phenoxy) is 3. The van der Waals surface area contributed by atoms with Crippen LogP contribution >= 0.6 is 0 Å². The van der Waals surface area contributed by atoms with Gasteiger partial charge in [0, 0.05) is 30.7 Å². The first-order valence-corrected chi connectivity index (χ1v) is 12.1. The number of hydrogen-bond donors (Lipinski definition) is 0. The highest BCUT2D eigenvalue weighted by Crippen LogP contribution is 2.70. The molecule has 5 rings (SSSR count). The van der Waals surface area contributed by atoms with Crippen molar-refractivity contribution in [2.24, 2.45) is 38.8 Å². The second-order valence-corrected chi connectivity index (χ2v) is 10.8. The quantitative estimate of drug-likeness (QED) is 0.469. The smallest absolute Gasteiger partial charge is 0.337 e. The van der Waals surface area contributed by atoms with E-state index in [0.29, 0.717) is 19.4 Å². The summed E-state index contributed by atoms with van der Waals surface area (Å²) in [6.45, 7) is 7.80. The maximum atomic E-state index is 13.3. The first-order valence-electron chi connectivity index (χ1n) is 12.1. The summed E-state index contributed by atoms with van der Waals surface area (Å²) in [4.78, 5) is 37.4. The lowest BCUT2D eigenvalue weighted by Crippen LogP contribution is -2.67. The lowest BCUT2D eigenvalue weighted by atomic mass is 9.40. The molecule has 9 nitrogen and oxygen atoms in total. The first-order chi connectivity index (χ1) is 16.1. The molecule has 3 heterocycles. The Balaban J connectivity index is 1.62. The van der Waals surface area contributed by atoms with Gasteiger partial charge in [0.25, 0.3) is 0 Å². The fourth-order valence-corrected chi connectivity index (χ4v) is 7.67. The van der Waals surface area contributed by atoms with Gasteiger partial charge in [-0.1, -0.05) is 13.8 Å². The predicted octanol–water partition coefficient (Wildman–Crippen LogP) is 4.03. The fourth-order valence-electron chi connectivity index (χ4n) is 7.67. The zero-order valence-corrected chi connectivity index (χ0v) is 20.1. The number of carbonyl (C=O) groups excluding carboxylic acids is 3. The van der Waals surface area contributed by atoms with Gasteiger partial charge in [-0.2, -0.15) is 10.2 Å². The molecule has 2 aliphatic carbocycles. The number of carbonyl (C=O) groups is 3. The summed E-state index contributed by atoms with van der Waals surface area (Å²) in [6, 6.07) is 1.80. The molecular formula is C25H32N2O7. The van der Waals surface area contributed by atoms with Crippen molar-refractivity contribution in [2.45, 2.75) is 71.1 Å². The van der Waals surface area contributed by atoms with E-state index < -0.39 is 28.6 Å². The third-order valence-corrected chi connectivity index (χ3v) is 9.25. The molecule has 2 saturated carbocycles. The standard InChI is InChI=1S/C25H32N2O7/c1-14-19(33-15(2)28)10-24-13-32-22(30)25(24)18(11-26-27-25)5-6-21(24)23(14,4)9-20(34-16(3)29)17-7-8-31-12-17/h7-8,12,14,18-21H,5-6,9-11,13H2,1-4H3/t14-,18-,19-,20-,21-,23+,24+,25-/m1/s1. The lowest BCUT2D eigenvalue weighted by molar-refractivity contribution is -0.199. The molecule has 0 bridgehead atoms. The van der Waals surface area contributed by atoms with E-state index in [9.17, 15) is 14.4 Å². The molecule has 0 unspecified atom stereocenters. The van der Waals surface area contributed by atoms with E-state index in [1.165, 1.54) is 13.8 Å². The van der Waals surface area contributed by atoms with Crippen molar-refractivity contribution in [1.82, 2.24) is 0 Å². The van der Waals surface area contributed by atoms with Crippen molar-refractivity contribution in [3.8, 4) is 0 Å². The fraction of sp³-hybridized carbons (Fsp3) is 0.720. The number of cyclic esters (lactones) is 1. The first kappa shape index (κ1) is 23.1. The van der Waals surface area contributed by atoms with Crippen LogP contribution in [0, 0.1) is 28.6 Å². The molecule has 8 atom stereocenters. The predicted molar refractivity (Wildman–Crippen MR) is 117 cm³/mol. The van der Waals surface area contributed by atoms with Crippen LogP contribution in [0.3, 0.4) is 0 Å². The summed E-state index contributed by atoms with van der Waals surface area (Å²) in [6.07, 6.45) is 4.87. The Kier molecular flexibility index (Phi) is 5.37. The second-order valence-electron chi connectivity index (χ2n) is 10.8. The molecule has 2 spiro atoms. The van der Waals surface area contributed by atoms with Crippen LogP contribution in [0.25, 0.3) is 0 Å². The van der Waals surface area contributed by atoms with Gasteiger partial charge in [0.05, 0.1) is 19.1 Å². The van der Waals surface area contributed by atoms with E-state index >= 15 is 0 Å². The molecule has 1 aromatic rings. The van der Waals surface area contributed by atoms with E-state index in [1.54, 1.807) is 18.6 Å². The van der Waals surface area contributed by atoms with Gasteiger partial charge in [-0.05, 0) is 49.0 Å². The maximum Gasteiger partial charge on any atom is 0.337 e. The van der Waals surface area contributed by atoms with Crippen LogP contribution in [0.1, 0.15) is 65.0 Å². The molecule has 9 heteroatoms. The van der Waals surface area contributed by atoms with Crippen LogP contribution in [0.15, 0.2) is 33.2 Å². The van der Waals surface area contributed by atoms with Crippen LogP contribution in [-0.2, 0) is 28.6 Å². The minimum atomic E-state index is -1.04. The summed E-state index contributed by atoms with van der Waals surface area (Å²) >= 11 is 0. The van der Waals surface area contributed by atoms with E-state index in [1.807, 2.05) is 0 Å². The van der Waals surface area contributed by atoms with Crippen molar-refractivity contribution in [3.63, 3.8) is 0 Å². The minimum Gasteiger partial charge on any atom is -0.472 e. The summed E-state index contributed by atoms with van der Waals surface area (Å²) < 4.78 is 22.7. The minimum absolute atomic E-state index is 0.00692. The van der Waals surface area contributed by atoms with Gasteiger partial charge in [0.1, 0.15) is 18.8 Å². The van der Waals surface area contributed by atoms with Gasteiger partial charge in [-0.3, -0.25) is 9.59 Å². The summed E-state index contributed by atoms with van der Waals surface area (Å²) in [7, 11) is 0. The summed E-state index contributed by atoms with van der Waals surface area (Å²) in [5, 5.41) is 8.92. The molecule has 184 valence electrons. The molecule has 3 fully saturated rings. The maximum absolute atomic E-state index is 13.3. The Bertz CT molecular complexity index is 1020. The highest BCUT2D eigenvalue weighted by atomic mass is 16.6. The van der Waals surface area contributed by atoms with Crippen molar-refractivity contribution < 1.29 is 33.0 Å². The highest BCUT2D eigenvalue weighted by molar-refractivity contribution is 5.86. The normalized spacial score (nSPS) is 41.1. The lowest BCUT2D eigenvalue weighted by Gasteiger charge is -2.62. The van der Waals surface area contributed by atoms with Crippen LogP contribution in [0.5, 0.6) is 0 Å². The SMILES string of the molecule is CC(=O)O[C@H](C[C@@]1(C)[C@H](C)[C@H](OC(C)=O)C[C@@]23COC(=O)[C@@]24N=NC[C@H]4CC[C@H]13)c1ccoc1. The van der Waals surface area contributed by atoms with Crippen LogP contribution in [0.4, 0.5) is 0 Å². The average molecular weight is 473 g/mol. The van der Waals surface area contributed by atoms with E-state index in [0.717, 1.165) is 18.4 Å². The number of azo groups is 1. The van der Waals surface area contributed by atoms with Gasteiger partial charge in [0.2, 0.25) is 0 Å².